The van der Waals surface area contributed by atoms with Crippen molar-refractivity contribution in [3.63, 3.8) is 0 Å². The number of hydrogen-bond donors (Lipinski definition) is 0. The molecule has 0 saturated carbocycles. The van der Waals surface area contributed by atoms with Crippen LogP contribution in [0.15, 0.2) is 25.8 Å². The van der Waals surface area contributed by atoms with Gasteiger partial charge in [-0.05, 0) is 62.9 Å². The van der Waals surface area contributed by atoms with Crippen molar-refractivity contribution in [1.29, 1.82) is 0 Å². The number of thiophene rings is 1. The van der Waals surface area contributed by atoms with E-state index in [9.17, 15) is 0 Å². The molecule has 0 N–H and O–H groups in total. The molecule has 0 fully saturated rings. The second-order valence-corrected chi connectivity index (χ2v) is 8.63. The van der Waals surface area contributed by atoms with E-state index >= 15 is 0 Å². The number of rotatable bonds is 1. The number of aryl methyl sites for hydroxylation is 2. The molecular weight excluding hydrogens is 423 g/mol. The lowest BCUT2D eigenvalue weighted by Crippen LogP contribution is -1.95. The largest absolute Gasteiger partial charge is 0.159 e. The fourth-order valence-corrected chi connectivity index (χ4v) is 5.35. The highest BCUT2D eigenvalue weighted by molar-refractivity contribution is 9.12. The van der Waals surface area contributed by atoms with Crippen LogP contribution in [0.5, 0.6) is 0 Å². The summed E-state index contributed by atoms with van der Waals surface area (Å²) in [5.41, 5.74) is 4.15. The normalized spacial score (nSPS) is 11.2. The third-order valence-electron chi connectivity index (χ3n) is 3.21. The van der Waals surface area contributed by atoms with Gasteiger partial charge in [-0.2, -0.15) is 0 Å². The lowest BCUT2D eigenvalue weighted by Gasteiger charge is -2.10. The van der Waals surface area contributed by atoms with Gasteiger partial charge in [0, 0.05) is 16.3 Å². The first kappa shape index (κ1) is 14.4. The molecule has 102 valence electrons. The second-order valence-electron chi connectivity index (χ2n) is 4.53. The van der Waals surface area contributed by atoms with Gasteiger partial charge in [0.25, 0.3) is 0 Å². The van der Waals surface area contributed by atoms with Gasteiger partial charge in [0.15, 0.2) is 5.15 Å². The predicted octanol–water partition coefficient (Wildman–Crippen LogP) is 6.15. The Hall–Kier alpha value is -0.490. The average molecular weight is 433 g/mol. The number of hydrogen-bond acceptors (Lipinski definition) is 3. The molecule has 0 radical (unpaired) electrons. The lowest BCUT2D eigenvalue weighted by molar-refractivity contribution is 1.05. The van der Waals surface area contributed by atoms with E-state index in [1.165, 1.54) is 0 Å². The van der Waals surface area contributed by atoms with E-state index < -0.39 is 0 Å². The van der Waals surface area contributed by atoms with Crippen LogP contribution >= 0.6 is 54.8 Å². The van der Waals surface area contributed by atoms with Crippen molar-refractivity contribution in [3.8, 4) is 11.3 Å². The van der Waals surface area contributed by atoms with Crippen molar-refractivity contribution in [3.05, 3.63) is 42.1 Å². The Morgan fingerprint density at radius 2 is 1.70 bits per heavy atom. The van der Waals surface area contributed by atoms with Crippen molar-refractivity contribution in [2.45, 2.75) is 13.8 Å². The topological polar surface area (TPSA) is 25.8 Å². The van der Waals surface area contributed by atoms with Crippen LogP contribution in [0.3, 0.4) is 0 Å². The molecule has 0 aliphatic carbocycles. The molecule has 20 heavy (non-hydrogen) atoms. The van der Waals surface area contributed by atoms with E-state index in [0.717, 1.165) is 40.7 Å². The van der Waals surface area contributed by atoms with E-state index in [4.69, 9.17) is 11.6 Å². The van der Waals surface area contributed by atoms with E-state index in [1.807, 2.05) is 13.0 Å². The van der Waals surface area contributed by atoms with Crippen LogP contribution in [-0.2, 0) is 0 Å². The molecule has 0 saturated heterocycles. The number of halogens is 3. The number of benzene rings is 1. The molecule has 0 aliphatic heterocycles. The quantitative estimate of drug-likeness (QED) is 0.461. The molecule has 0 spiro atoms. The Morgan fingerprint density at radius 1 is 1.05 bits per heavy atom. The summed E-state index contributed by atoms with van der Waals surface area (Å²) < 4.78 is 2.08. The molecule has 3 rings (SSSR count). The van der Waals surface area contributed by atoms with Crippen LogP contribution in [0.4, 0.5) is 0 Å². The SMILES string of the molecule is Cc1ccc(C)c2c(-c3cc(Br)sc3Br)nnc(Cl)c12. The summed E-state index contributed by atoms with van der Waals surface area (Å²) in [6.45, 7) is 4.11. The molecule has 2 nitrogen and oxygen atoms in total. The van der Waals surface area contributed by atoms with Crippen LogP contribution in [0.2, 0.25) is 5.15 Å². The maximum atomic E-state index is 6.25. The third-order valence-corrected chi connectivity index (χ3v) is 5.82. The zero-order chi connectivity index (χ0) is 14.4. The molecule has 1 aromatic carbocycles. The summed E-state index contributed by atoms with van der Waals surface area (Å²) in [5, 5.41) is 10.9. The van der Waals surface area contributed by atoms with E-state index in [0.29, 0.717) is 5.15 Å². The van der Waals surface area contributed by atoms with Crippen LogP contribution in [0, 0.1) is 13.8 Å². The molecule has 0 aliphatic rings. The summed E-state index contributed by atoms with van der Waals surface area (Å²) >= 11 is 15.0. The highest BCUT2D eigenvalue weighted by Crippen LogP contribution is 2.42. The fraction of sp³-hybridized carbons (Fsp3) is 0.143. The molecule has 6 heteroatoms. The van der Waals surface area contributed by atoms with Crippen LogP contribution < -0.4 is 0 Å². The molecule has 2 heterocycles. The van der Waals surface area contributed by atoms with Gasteiger partial charge in [0.1, 0.15) is 5.69 Å². The maximum Gasteiger partial charge on any atom is 0.159 e. The minimum atomic E-state index is 0.454. The van der Waals surface area contributed by atoms with Crippen molar-refractivity contribution < 1.29 is 0 Å². The van der Waals surface area contributed by atoms with Gasteiger partial charge in [0.05, 0.1) is 7.57 Å². The Bertz CT molecular complexity index is 821. The first-order valence-corrected chi connectivity index (χ1v) is 8.64. The molecule has 2 aromatic heterocycles. The van der Waals surface area contributed by atoms with E-state index in [-0.39, 0.29) is 0 Å². The van der Waals surface area contributed by atoms with Gasteiger partial charge < -0.3 is 0 Å². The monoisotopic (exact) mass is 430 g/mol. The number of fused-ring (bicyclic) bond motifs is 1. The number of aromatic nitrogens is 2. The highest BCUT2D eigenvalue weighted by Gasteiger charge is 2.17. The van der Waals surface area contributed by atoms with Crippen LogP contribution in [0.25, 0.3) is 22.0 Å². The van der Waals surface area contributed by atoms with Crippen LogP contribution in [0.1, 0.15) is 11.1 Å². The standard InChI is InChI=1S/C14H9Br2ClN2S/c1-6-3-4-7(2)11-10(6)12(18-19-14(11)17)8-5-9(15)20-13(8)16/h3-5H,1-2H3. The van der Waals surface area contributed by atoms with Crippen molar-refractivity contribution in [2.24, 2.45) is 0 Å². The zero-order valence-corrected chi connectivity index (χ0v) is 15.4. The van der Waals surface area contributed by atoms with E-state index in [2.05, 4.69) is 61.1 Å². The average Bonchev–Trinajstić information content (AvgIpc) is 2.73. The van der Waals surface area contributed by atoms with Crippen molar-refractivity contribution >= 4 is 65.6 Å². The Kier molecular flexibility index (Phi) is 3.88. The zero-order valence-electron chi connectivity index (χ0n) is 10.7. The molecule has 0 bridgehead atoms. The van der Waals surface area contributed by atoms with Crippen LogP contribution in [-0.4, -0.2) is 10.2 Å². The summed E-state index contributed by atoms with van der Waals surface area (Å²) in [6, 6.07) is 6.20. The molecule has 0 atom stereocenters. The second kappa shape index (κ2) is 5.37. The summed E-state index contributed by atoms with van der Waals surface area (Å²) in [5.74, 6) is 0. The molecule has 0 unspecified atom stereocenters. The van der Waals surface area contributed by atoms with Gasteiger partial charge in [-0.15, -0.1) is 21.5 Å². The van der Waals surface area contributed by atoms with Gasteiger partial charge in [-0.3, -0.25) is 0 Å². The number of nitrogens with zero attached hydrogens (tertiary/aromatic N) is 2. The lowest BCUT2D eigenvalue weighted by atomic mass is 9.99. The predicted molar refractivity (Wildman–Crippen MR) is 92.7 cm³/mol. The maximum absolute atomic E-state index is 6.25. The van der Waals surface area contributed by atoms with Gasteiger partial charge in [-0.1, -0.05) is 23.7 Å². The summed E-state index contributed by atoms with van der Waals surface area (Å²) in [4.78, 5) is 0. The van der Waals surface area contributed by atoms with Gasteiger partial charge >= 0.3 is 0 Å². The Balaban J connectivity index is 2.47. The van der Waals surface area contributed by atoms with Gasteiger partial charge in [-0.25, -0.2) is 0 Å². The smallest absolute Gasteiger partial charge is 0.148 e. The minimum absolute atomic E-state index is 0.454. The highest BCUT2D eigenvalue weighted by atomic mass is 79.9. The Morgan fingerprint density at radius 3 is 2.30 bits per heavy atom. The summed E-state index contributed by atoms with van der Waals surface area (Å²) in [7, 11) is 0. The summed E-state index contributed by atoms with van der Waals surface area (Å²) in [6.07, 6.45) is 0. The third kappa shape index (κ3) is 2.30. The fourth-order valence-electron chi connectivity index (χ4n) is 2.27. The molecular formula is C14H9Br2ClN2S. The van der Waals surface area contributed by atoms with Crippen molar-refractivity contribution in [2.75, 3.05) is 0 Å². The first-order chi connectivity index (χ1) is 9.49. The van der Waals surface area contributed by atoms with Gasteiger partial charge in [0.2, 0.25) is 0 Å². The minimum Gasteiger partial charge on any atom is -0.148 e. The molecule has 3 aromatic rings. The van der Waals surface area contributed by atoms with E-state index in [1.54, 1.807) is 11.3 Å². The Labute approximate surface area is 142 Å². The first-order valence-electron chi connectivity index (χ1n) is 5.86. The van der Waals surface area contributed by atoms with Crippen molar-refractivity contribution in [1.82, 2.24) is 10.2 Å². The molecule has 0 amide bonds.